The fourth-order valence-corrected chi connectivity index (χ4v) is 3.14. The Morgan fingerprint density at radius 1 is 1.40 bits per heavy atom. The predicted molar refractivity (Wildman–Crippen MR) is 77.5 cm³/mol. The van der Waals surface area contributed by atoms with E-state index in [2.05, 4.69) is 4.90 Å². The van der Waals surface area contributed by atoms with E-state index >= 15 is 0 Å². The molecule has 0 amide bonds. The molecule has 1 saturated heterocycles. The van der Waals surface area contributed by atoms with Crippen molar-refractivity contribution >= 4 is 5.97 Å². The summed E-state index contributed by atoms with van der Waals surface area (Å²) in [5, 5.41) is 19.6. The molecule has 0 aliphatic carbocycles. The minimum atomic E-state index is -0.756. The summed E-state index contributed by atoms with van der Waals surface area (Å²) in [5.74, 6) is -0.756. The number of carboxylic acid groups (broad SMARTS) is 1. The van der Waals surface area contributed by atoms with Gasteiger partial charge in [-0.05, 0) is 37.8 Å². The number of likely N-dealkylation sites (tertiary alicyclic amines) is 1. The van der Waals surface area contributed by atoms with Gasteiger partial charge in [0.2, 0.25) is 0 Å². The van der Waals surface area contributed by atoms with Gasteiger partial charge in [-0.1, -0.05) is 37.3 Å². The van der Waals surface area contributed by atoms with Crippen LogP contribution in [0.2, 0.25) is 0 Å². The van der Waals surface area contributed by atoms with Crippen molar-refractivity contribution in [1.82, 2.24) is 4.90 Å². The molecule has 0 saturated carbocycles. The molecule has 1 aliphatic rings. The number of carbonyl (C=O) groups is 1. The van der Waals surface area contributed by atoms with Gasteiger partial charge in [-0.15, -0.1) is 0 Å². The highest BCUT2D eigenvalue weighted by Crippen LogP contribution is 2.29. The van der Waals surface area contributed by atoms with E-state index in [0.29, 0.717) is 12.8 Å². The molecule has 110 valence electrons. The van der Waals surface area contributed by atoms with Crippen molar-refractivity contribution < 1.29 is 15.0 Å². The number of benzene rings is 1. The van der Waals surface area contributed by atoms with Crippen molar-refractivity contribution in [3.8, 4) is 0 Å². The Bertz CT molecular complexity index is 435. The SMILES string of the molecule is CC[C@H](C(=O)O)N1CCC[C@@H]1C[C@H](O)c1ccccc1. The van der Waals surface area contributed by atoms with Gasteiger partial charge < -0.3 is 10.2 Å². The second-order valence-electron chi connectivity index (χ2n) is 5.46. The molecule has 0 aromatic heterocycles. The molecular formula is C16H23NO3. The van der Waals surface area contributed by atoms with E-state index in [1.54, 1.807) is 0 Å². The largest absolute Gasteiger partial charge is 0.480 e. The van der Waals surface area contributed by atoms with Gasteiger partial charge in [0.1, 0.15) is 6.04 Å². The van der Waals surface area contributed by atoms with Crippen molar-refractivity contribution in [1.29, 1.82) is 0 Å². The highest BCUT2D eigenvalue weighted by atomic mass is 16.4. The molecule has 1 aromatic carbocycles. The van der Waals surface area contributed by atoms with Crippen molar-refractivity contribution in [2.45, 2.75) is 50.8 Å². The number of aliphatic hydroxyl groups excluding tert-OH is 1. The average Bonchev–Trinajstić information content (AvgIpc) is 2.88. The van der Waals surface area contributed by atoms with Crippen LogP contribution in [-0.2, 0) is 4.79 Å². The Morgan fingerprint density at radius 2 is 2.10 bits per heavy atom. The lowest BCUT2D eigenvalue weighted by Gasteiger charge is -2.31. The number of hydrogen-bond acceptors (Lipinski definition) is 3. The fraction of sp³-hybridized carbons (Fsp3) is 0.562. The van der Waals surface area contributed by atoms with E-state index < -0.39 is 18.1 Å². The Labute approximate surface area is 120 Å². The van der Waals surface area contributed by atoms with Crippen LogP contribution in [0.3, 0.4) is 0 Å². The van der Waals surface area contributed by atoms with Gasteiger partial charge in [-0.25, -0.2) is 0 Å². The Balaban J connectivity index is 2.02. The summed E-state index contributed by atoms with van der Waals surface area (Å²) in [5.41, 5.74) is 0.905. The van der Waals surface area contributed by atoms with Gasteiger partial charge in [0, 0.05) is 6.04 Å². The van der Waals surface area contributed by atoms with Gasteiger partial charge >= 0.3 is 5.97 Å². The third kappa shape index (κ3) is 3.38. The lowest BCUT2D eigenvalue weighted by molar-refractivity contribution is -0.144. The first kappa shape index (κ1) is 15.0. The van der Waals surface area contributed by atoms with Gasteiger partial charge in [0.25, 0.3) is 0 Å². The van der Waals surface area contributed by atoms with Gasteiger partial charge in [0.05, 0.1) is 6.10 Å². The summed E-state index contributed by atoms with van der Waals surface area (Å²) in [6.45, 7) is 2.72. The molecule has 1 aliphatic heterocycles. The van der Waals surface area contributed by atoms with Gasteiger partial charge in [-0.3, -0.25) is 9.69 Å². The molecular weight excluding hydrogens is 254 g/mol. The van der Waals surface area contributed by atoms with E-state index in [0.717, 1.165) is 24.9 Å². The number of carboxylic acids is 1. The molecule has 0 radical (unpaired) electrons. The van der Waals surface area contributed by atoms with E-state index in [9.17, 15) is 15.0 Å². The van der Waals surface area contributed by atoms with Crippen LogP contribution in [0.25, 0.3) is 0 Å². The van der Waals surface area contributed by atoms with Crippen LogP contribution in [0.15, 0.2) is 30.3 Å². The monoisotopic (exact) mass is 277 g/mol. The highest BCUT2D eigenvalue weighted by Gasteiger charge is 2.34. The van der Waals surface area contributed by atoms with Crippen LogP contribution in [0.4, 0.5) is 0 Å². The number of hydrogen-bond donors (Lipinski definition) is 2. The Hall–Kier alpha value is -1.39. The summed E-state index contributed by atoms with van der Waals surface area (Å²) in [6.07, 6.45) is 2.66. The molecule has 3 atom stereocenters. The summed E-state index contributed by atoms with van der Waals surface area (Å²) in [4.78, 5) is 13.4. The smallest absolute Gasteiger partial charge is 0.320 e. The maximum atomic E-state index is 11.3. The zero-order valence-electron chi connectivity index (χ0n) is 11.9. The summed E-state index contributed by atoms with van der Waals surface area (Å²) < 4.78 is 0. The standard InChI is InChI=1S/C16H23NO3/c1-2-14(16(19)20)17-10-6-9-13(17)11-15(18)12-7-4-3-5-8-12/h3-5,7-8,13-15,18H,2,6,9-11H2,1H3,(H,19,20)/t13-,14-,15+/m1/s1. The molecule has 20 heavy (non-hydrogen) atoms. The molecule has 4 heteroatoms. The molecule has 0 spiro atoms. The minimum absolute atomic E-state index is 0.159. The number of aliphatic carboxylic acids is 1. The van der Waals surface area contributed by atoms with Crippen molar-refractivity contribution in [3.05, 3.63) is 35.9 Å². The third-order valence-electron chi connectivity index (χ3n) is 4.17. The summed E-state index contributed by atoms with van der Waals surface area (Å²) >= 11 is 0. The minimum Gasteiger partial charge on any atom is -0.480 e. The third-order valence-corrected chi connectivity index (χ3v) is 4.17. The first-order valence-electron chi connectivity index (χ1n) is 7.35. The number of aliphatic hydroxyl groups is 1. The first-order valence-corrected chi connectivity index (χ1v) is 7.35. The fourth-order valence-electron chi connectivity index (χ4n) is 3.14. The molecule has 0 bridgehead atoms. The molecule has 1 fully saturated rings. The first-order chi connectivity index (χ1) is 9.63. The molecule has 4 nitrogen and oxygen atoms in total. The zero-order chi connectivity index (χ0) is 14.5. The summed E-state index contributed by atoms with van der Waals surface area (Å²) in [6, 6.07) is 9.32. The van der Waals surface area contributed by atoms with E-state index in [1.165, 1.54) is 0 Å². The van der Waals surface area contributed by atoms with E-state index in [1.807, 2.05) is 37.3 Å². The van der Waals surface area contributed by atoms with Gasteiger partial charge in [0.15, 0.2) is 0 Å². The lowest BCUT2D eigenvalue weighted by Crippen LogP contribution is -2.44. The van der Waals surface area contributed by atoms with Crippen LogP contribution in [-0.4, -0.2) is 39.7 Å². The zero-order valence-corrected chi connectivity index (χ0v) is 11.9. The quantitative estimate of drug-likeness (QED) is 0.838. The molecule has 2 rings (SSSR count). The average molecular weight is 277 g/mol. The van der Waals surface area contributed by atoms with Crippen molar-refractivity contribution in [2.75, 3.05) is 6.54 Å². The Morgan fingerprint density at radius 3 is 2.70 bits per heavy atom. The Kier molecular flexibility index (Phi) is 5.15. The van der Waals surface area contributed by atoms with E-state index in [4.69, 9.17) is 0 Å². The van der Waals surface area contributed by atoms with Crippen LogP contribution in [0.1, 0.15) is 44.3 Å². The molecule has 1 heterocycles. The van der Waals surface area contributed by atoms with Crippen LogP contribution in [0, 0.1) is 0 Å². The second-order valence-corrected chi connectivity index (χ2v) is 5.46. The van der Waals surface area contributed by atoms with Crippen molar-refractivity contribution in [2.24, 2.45) is 0 Å². The van der Waals surface area contributed by atoms with Gasteiger partial charge in [-0.2, -0.15) is 0 Å². The van der Waals surface area contributed by atoms with Crippen molar-refractivity contribution in [3.63, 3.8) is 0 Å². The van der Waals surface area contributed by atoms with E-state index in [-0.39, 0.29) is 6.04 Å². The number of nitrogens with zero attached hydrogens (tertiary/aromatic N) is 1. The topological polar surface area (TPSA) is 60.8 Å². The highest BCUT2D eigenvalue weighted by molar-refractivity contribution is 5.73. The maximum Gasteiger partial charge on any atom is 0.320 e. The normalized spacial score (nSPS) is 22.6. The lowest BCUT2D eigenvalue weighted by atomic mass is 9.99. The second kappa shape index (κ2) is 6.86. The predicted octanol–water partition coefficient (Wildman–Crippen LogP) is 2.44. The van der Waals surface area contributed by atoms with Crippen LogP contribution >= 0.6 is 0 Å². The van der Waals surface area contributed by atoms with Crippen LogP contribution < -0.4 is 0 Å². The maximum absolute atomic E-state index is 11.3. The molecule has 0 unspecified atom stereocenters. The number of rotatable bonds is 6. The van der Waals surface area contributed by atoms with Crippen LogP contribution in [0.5, 0.6) is 0 Å². The molecule has 2 N–H and O–H groups in total. The molecule has 1 aromatic rings. The summed E-state index contributed by atoms with van der Waals surface area (Å²) in [7, 11) is 0.